The highest BCUT2D eigenvalue weighted by molar-refractivity contribution is 5.71. The lowest BCUT2D eigenvalue weighted by atomic mass is 10.1. The molecule has 0 aliphatic rings. The summed E-state index contributed by atoms with van der Waals surface area (Å²) in [5.74, 6) is -0.906. The minimum atomic E-state index is -0.788. The normalized spacial score (nSPS) is 12.9. The average molecular weight is 1030 g/mol. The summed E-state index contributed by atoms with van der Waals surface area (Å²) in [6.07, 6.45) is 83.8. The van der Waals surface area contributed by atoms with Crippen molar-refractivity contribution in [3.8, 4) is 0 Å². The van der Waals surface area contributed by atoms with Crippen LogP contribution in [0.15, 0.2) is 109 Å². The van der Waals surface area contributed by atoms with Crippen LogP contribution in [0.5, 0.6) is 0 Å². The molecule has 0 spiro atoms. The summed E-state index contributed by atoms with van der Waals surface area (Å²) in [5.41, 5.74) is 0. The molecular weight excluding hydrogens is 913 g/mol. The Labute approximate surface area is 457 Å². The van der Waals surface area contributed by atoms with E-state index in [1.165, 1.54) is 116 Å². The first-order chi connectivity index (χ1) is 36.5. The Morgan fingerprint density at radius 3 is 0.892 bits per heavy atom. The molecule has 1 atom stereocenters. The van der Waals surface area contributed by atoms with Crippen LogP contribution >= 0.6 is 0 Å². The smallest absolute Gasteiger partial charge is 0.306 e. The topological polar surface area (TPSA) is 78.9 Å². The number of ether oxygens (including phenoxy) is 3. The standard InChI is InChI=1S/C68H114O6/c1-4-7-10-13-16-19-22-24-26-28-29-30-31-32-33-34-35-36-37-38-39-41-42-44-46-49-52-55-58-61-67(70)73-64-65(63-72-66(69)60-57-54-51-48-21-18-15-12-9-6-3)74-68(71)62-59-56-53-50-47-45-43-40-27-25-23-20-17-14-11-8-5-2/h7,10,12,15-17,19-20,24-27,29-30,32-33,35-36,65H,4-6,8-9,11,13-14,18,21-23,28,31,34,37-64H2,1-3H3/b10-7-,15-12-,19-16-,20-17-,26-24-,27-25-,30-29-,33-32-,36-35-. The van der Waals surface area contributed by atoms with Crippen molar-refractivity contribution in [1.29, 1.82) is 0 Å². The predicted octanol–water partition coefficient (Wildman–Crippen LogP) is 21.0. The second-order valence-electron chi connectivity index (χ2n) is 20.2. The Hall–Kier alpha value is -3.93. The molecule has 0 aromatic heterocycles. The van der Waals surface area contributed by atoms with Gasteiger partial charge in [0.2, 0.25) is 0 Å². The minimum Gasteiger partial charge on any atom is -0.462 e. The first-order valence-corrected chi connectivity index (χ1v) is 30.9. The highest BCUT2D eigenvalue weighted by Gasteiger charge is 2.19. The molecule has 6 heteroatoms. The Kier molecular flexibility index (Phi) is 58.3. The van der Waals surface area contributed by atoms with Crippen LogP contribution in [-0.4, -0.2) is 37.2 Å². The minimum absolute atomic E-state index is 0.0864. The van der Waals surface area contributed by atoms with Crippen molar-refractivity contribution < 1.29 is 28.6 Å². The summed E-state index contributed by atoms with van der Waals surface area (Å²) in [6, 6.07) is 0. The molecular formula is C68H114O6. The van der Waals surface area contributed by atoms with Crippen LogP contribution in [0, 0.1) is 0 Å². The maximum absolute atomic E-state index is 12.9. The fourth-order valence-corrected chi connectivity index (χ4v) is 8.36. The number of esters is 3. The van der Waals surface area contributed by atoms with Gasteiger partial charge in [-0.25, -0.2) is 0 Å². The highest BCUT2D eigenvalue weighted by atomic mass is 16.6. The van der Waals surface area contributed by atoms with Crippen LogP contribution in [-0.2, 0) is 28.6 Å². The van der Waals surface area contributed by atoms with E-state index in [1.54, 1.807) is 0 Å². The van der Waals surface area contributed by atoms with E-state index >= 15 is 0 Å². The van der Waals surface area contributed by atoms with Gasteiger partial charge >= 0.3 is 17.9 Å². The van der Waals surface area contributed by atoms with E-state index in [9.17, 15) is 14.4 Å². The quantitative estimate of drug-likeness (QED) is 0.0261. The van der Waals surface area contributed by atoms with Crippen LogP contribution in [0.3, 0.4) is 0 Å². The van der Waals surface area contributed by atoms with Crippen molar-refractivity contribution in [3.05, 3.63) is 109 Å². The molecule has 0 heterocycles. The lowest BCUT2D eigenvalue weighted by molar-refractivity contribution is -0.167. The molecule has 422 valence electrons. The molecule has 0 N–H and O–H groups in total. The monoisotopic (exact) mass is 1030 g/mol. The third-order valence-electron chi connectivity index (χ3n) is 13.0. The first kappa shape index (κ1) is 70.1. The van der Waals surface area contributed by atoms with E-state index in [2.05, 4.69) is 130 Å². The van der Waals surface area contributed by atoms with E-state index < -0.39 is 6.10 Å². The second-order valence-corrected chi connectivity index (χ2v) is 20.2. The van der Waals surface area contributed by atoms with Crippen molar-refractivity contribution in [3.63, 3.8) is 0 Å². The lowest BCUT2D eigenvalue weighted by Crippen LogP contribution is -2.30. The van der Waals surface area contributed by atoms with Gasteiger partial charge in [0.05, 0.1) is 0 Å². The van der Waals surface area contributed by atoms with Gasteiger partial charge < -0.3 is 14.2 Å². The maximum atomic E-state index is 12.9. The van der Waals surface area contributed by atoms with Gasteiger partial charge in [0.1, 0.15) is 13.2 Å². The van der Waals surface area contributed by atoms with Gasteiger partial charge in [-0.15, -0.1) is 0 Å². The summed E-state index contributed by atoms with van der Waals surface area (Å²) < 4.78 is 16.9. The van der Waals surface area contributed by atoms with Crippen molar-refractivity contribution in [2.24, 2.45) is 0 Å². The summed E-state index contributed by atoms with van der Waals surface area (Å²) in [5, 5.41) is 0. The molecule has 0 amide bonds. The van der Waals surface area contributed by atoms with Crippen molar-refractivity contribution in [2.75, 3.05) is 13.2 Å². The SMILES string of the molecule is CC/C=C\C/C=C\C/C=C\C/C=C\C/C=C\C/C=C\CCCCCCCCCCCCC(=O)OCC(COC(=O)CCCCCCC/C=C\CCC)OC(=O)CCCCCCCCC/C=C\C/C=C\CCCCC. The predicted molar refractivity (Wildman–Crippen MR) is 320 cm³/mol. The zero-order valence-electron chi connectivity index (χ0n) is 48.3. The maximum Gasteiger partial charge on any atom is 0.306 e. The number of carbonyl (C=O) groups excluding carboxylic acids is 3. The molecule has 74 heavy (non-hydrogen) atoms. The van der Waals surface area contributed by atoms with Gasteiger partial charge in [0, 0.05) is 19.3 Å². The third kappa shape index (κ3) is 59.0. The molecule has 0 saturated heterocycles. The van der Waals surface area contributed by atoms with Gasteiger partial charge in [0.15, 0.2) is 6.10 Å². The van der Waals surface area contributed by atoms with Crippen LogP contribution in [0.1, 0.15) is 284 Å². The number of unbranched alkanes of at least 4 members (excludes halogenated alkanes) is 26. The number of hydrogen-bond donors (Lipinski definition) is 0. The fourth-order valence-electron chi connectivity index (χ4n) is 8.36. The zero-order chi connectivity index (χ0) is 53.6. The number of hydrogen-bond acceptors (Lipinski definition) is 6. The lowest BCUT2D eigenvalue weighted by Gasteiger charge is -2.18. The third-order valence-corrected chi connectivity index (χ3v) is 13.0. The molecule has 0 bridgehead atoms. The molecule has 0 aromatic rings. The molecule has 0 rings (SSSR count). The van der Waals surface area contributed by atoms with E-state index in [1.807, 2.05) is 0 Å². The molecule has 0 aliphatic carbocycles. The highest BCUT2D eigenvalue weighted by Crippen LogP contribution is 2.15. The fraction of sp³-hybridized carbons (Fsp3) is 0.691. The average Bonchev–Trinajstić information content (AvgIpc) is 3.40. The summed E-state index contributed by atoms with van der Waals surface area (Å²) in [7, 11) is 0. The van der Waals surface area contributed by atoms with E-state index in [0.717, 1.165) is 128 Å². The van der Waals surface area contributed by atoms with Gasteiger partial charge in [-0.1, -0.05) is 252 Å². The van der Waals surface area contributed by atoms with Crippen LogP contribution in [0.25, 0.3) is 0 Å². The van der Waals surface area contributed by atoms with E-state index in [-0.39, 0.29) is 31.1 Å². The van der Waals surface area contributed by atoms with Crippen molar-refractivity contribution in [2.45, 2.75) is 290 Å². The van der Waals surface area contributed by atoms with Gasteiger partial charge in [-0.2, -0.15) is 0 Å². The molecule has 0 fully saturated rings. The van der Waals surface area contributed by atoms with E-state index in [4.69, 9.17) is 14.2 Å². The van der Waals surface area contributed by atoms with Crippen LogP contribution in [0.4, 0.5) is 0 Å². The van der Waals surface area contributed by atoms with Crippen molar-refractivity contribution >= 4 is 17.9 Å². The zero-order valence-corrected chi connectivity index (χ0v) is 48.3. The number of allylic oxidation sites excluding steroid dienone is 18. The first-order valence-electron chi connectivity index (χ1n) is 30.9. The number of carbonyl (C=O) groups is 3. The van der Waals surface area contributed by atoms with E-state index in [0.29, 0.717) is 19.3 Å². The van der Waals surface area contributed by atoms with Gasteiger partial charge in [-0.3, -0.25) is 14.4 Å². The molecule has 0 aliphatic heterocycles. The summed E-state index contributed by atoms with van der Waals surface area (Å²) >= 11 is 0. The second kappa shape index (κ2) is 61.6. The summed E-state index contributed by atoms with van der Waals surface area (Å²) in [6.45, 7) is 6.43. The molecule has 0 saturated carbocycles. The summed E-state index contributed by atoms with van der Waals surface area (Å²) in [4.78, 5) is 38.2. The Bertz CT molecular complexity index is 1510. The van der Waals surface area contributed by atoms with Crippen LogP contribution < -0.4 is 0 Å². The Morgan fingerprint density at radius 1 is 0.284 bits per heavy atom. The molecule has 0 aromatic carbocycles. The van der Waals surface area contributed by atoms with Crippen LogP contribution in [0.2, 0.25) is 0 Å². The van der Waals surface area contributed by atoms with Crippen molar-refractivity contribution in [1.82, 2.24) is 0 Å². The Balaban J connectivity index is 4.25. The molecule has 0 radical (unpaired) electrons. The molecule has 6 nitrogen and oxygen atoms in total. The Morgan fingerprint density at radius 2 is 0.554 bits per heavy atom. The largest absolute Gasteiger partial charge is 0.462 e. The number of rotatable bonds is 55. The van der Waals surface area contributed by atoms with Gasteiger partial charge in [-0.05, 0) is 122 Å². The molecule has 1 unspecified atom stereocenters. The van der Waals surface area contributed by atoms with Gasteiger partial charge in [0.25, 0.3) is 0 Å².